The number of hydrogen-bond donors (Lipinski definition) is 1. The van der Waals surface area contributed by atoms with Crippen LogP contribution in [0.3, 0.4) is 0 Å². The van der Waals surface area contributed by atoms with Gasteiger partial charge in [0, 0.05) is 15.8 Å². The average molecular weight is 249 g/mol. The van der Waals surface area contributed by atoms with Gasteiger partial charge in [-0.05, 0) is 56.2 Å². The molecular formula is C15H23NS. The molecule has 0 aliphatic heterocycles. The highest BCUT2D eigenvalue weighted by molar-refractivity contribution is 8.00. The zero-order chi connectivity index (χ0) is 12.3. The average Bonchev–Trinajstić information content (AvgIpc) is 2.35. The Morgan fingerprint density at radius 1 is 1.24 bits per heavy atom. The van der Waals surface area contributed by atoms with E-state index in [1.807, 2.05) is 17.8 Å². The summed E-state index contributed by atoms with van der Waals surface area (Å²) in [5.41, 5.74) is 8.29. The van der Waals surface area contributed by atoms with E-state index in [1.54, 1.807) is 0 Å². The lowest BCUT2D eigenvalue weighted by Gasteiger charge is -2.27. The number of anilines is 1. The Kier molecular flexibility index (Phi) is 4.38. The summed E-state index contributed by atoms with van der Waals surface area (Å²) in [5, 5.41) is 0.780. The van der Waals surface area contributed by atoms with Crippen LogP contribution in [0.1, 0.15) is 44.6 Å². The van der Waals surface area contributed by atoms with Gasteiger partial charge in [-0.2, -0.15) is 0 Å². The van der Waals surface area contributed by atoms with Crippen LogP contribution in [0.25, 0.3) is 0 Å². The molecule has 0 saturated heterocycles. The number of nitrogens with two attached hydrogens (primary N) is 1. The van der Waals surface area contributed by atoms with Crippen LogP contribution in [0.5, 0.6) is 0 Å². The molecule has 1 aliphatic carbocycles. The van der Waals surface area contributed by atoms with Crippen LogP contribution < -0.4 is 5.73 Å². The Labute approximate surface area is 109 Å². The molecule has 2 rings (SSSR count). The van der Waals surface area contributed by atoms with Crippen molar-refractivity contribution >= 4 is 17.4 Å². The highest BCUT2D eigenvalue weighted by atomic mass is 32.2. The van der Waals surface area contributed by atoms with Gasteiger partial charge in [0.2, 0.25) is 0 Å². The molecule has 0 spiro atoms. The summed E-state index contributed by atoms with van der Waals surface area (Å²) in [6.45, 7) is 4.45. The number of benzene rings is 1. The van der Waals surface area contributed by atoms with Crippen molar-refractivity contribution in [1.29, 1.82) is 0 Å². The second-order valence-corrected chi connectivity index (χ2v) is 6.55. The van der Waals surface area contributed by atoms with Crippen LogP contribution in [-0.4, -0.2) is 5.25 Å². The fourth-order valence-electron chi connectivity index (χ4n) is 2.58. The van der Waals surface area contributed by atoms with E-state index in [1.165, 1.54) is 42.6 Å². The largest absolute Gasteiger partial charge is 0.398 e. The van der Waals surface area contributed by atoms with Crippen molar-refractivity contribution in [2.24, 2.45) is 5.92 Å². The van der Waals surface area contributed by atoms with E-state index < -0.39 is 0 Å². The fourth-order valence-corrected chi connectivity index (χ4v) is 3.91. The molecule has 2 N–H and O–H groups in total. The number of nitrogen functional groups attached to an aromatic ring is 1. The van der Waals surface area contributed by atoms with Gasteiger partial charge in [0.05, 0.1) is 0 Å². The molecule has 1 nitrogen and oxygen atoms in total. The van der Waals surface area contributed by atoms with Gasteiger partial charge in [0.15, 0.2) is 0 Å². The second kappa shape index (κ2) is 5.81. The van der Waals surface area contributed by atoms with E-state index in [0.29, 0.717) is 0 Å². The SMILES string of the molecule is CCC1CCC(Sc2cc(C)ccc2N)CC1. The maximum absolute atomic E-state index is 6.04. The molecule has 1 aliphatic rings. The predicted molar refractivity (Wildman–Crippen MR) is 77.5 cm³/mol. The Morgan fingerprint density at radius 2 is 1.94 bits per heavy atom. The van der Waals surface area contributed by atoms with E-state index in [2.05, 4.69) is 26.0 Å². The lowest BCUT2D eigenvalue weighted by Crippen LogP contribution is -2.15. The normalized spacial score (nSPS) is 24.8. The third-order valence-electron chi connectivity index (χ3n) is 3.83. The zero-order valence-corrected chi connectivity index (χ0v) is 11.7. The molecule has 1 fully saturated rings. The molecule has 0 unspecified atom stereocenters. The van der Waals surface area contributed by atoms with Gasteiger partial charge in [0.25, 0.3) is 0 Å². The highest BCUT2D eigenvalue weighted by Crippen LogP contribution is 2.38. The van der Waals surface area contributed by atoms with Gasteiger partial charge in [-0.1, -0.05) is 19.4 Å². The van der Waals surface area contributed by atoms with Gasteiger partial charge in [-0.3, -0.25) is 0 Å². The van der Waals surface area contributed by atoms with Crippen molar-refractivity contribution in [2.75, 3.05) is 5.73 Å². The lowest BCUT2D eigenvalue weighted by molar-refractivity contribution is 0.356. The van der Waals surface area contributed by atoms with Crippen molar-refractivity contribution in [1.82, 2.24) is 0 Å². The summed E-state index contributed by atoms with van der Waals surface area (Å²) < 4.78 is 0. The van der Waals surface area contributed by atoms with Crippen LogP contribution in [0.2, 0.25) is 0 Å². The van der Waals surface area contributed by atoms with Crippen molar-refractivity contribution in [3.8, 4) is 0 Å². The number of hydrogen-bond acceptors (Lipinski definition) is 2. The summed E-state index contributed by atoms with van der Waals surface area (Å²) >= 11 is 1.99. The van der Waals surface area contributed by atoms with E-state index in [-0.39, 0.29) is 0 Å². The molecule has 0 amide bonds. The topological polar surface area (TPSA) is 26.0 Å². The zero-order valence-electron chi connectivity index (χ0n) is 10.9. The summed E-state index contributed by atoms with van der Waals surface area (Å²) in [6, 6.07) is 6.36. The molecule has 1 aromatic rings. The first kappa shape index (κ1) is 12.8. The Hall–Kier alpha value is -0.630. The van der Waals surface area contributed by atoms with Gasteiger partial charge >= 0.3 is 0 Å². The molecule has 0 radical (unpaired) electrons. The highest BCUT2D eigenvalue weighted by Gasteiger charge is 2.21. The fraction of sp³-hybridized carbons (Fsp3) is 0.600. The Bertz CT molecular complexity index is 367. The number of rotatable bonds is 3. The van der Waals surface area contributed by atoms with E-state index >= 15 is 0 Å². The molecule has 0 bridgehead atoms. The minimum atomic E-state index is 0.780. The predicted octanol–water partition coefficient (Wildman–Crippen LogP) is 4.64. The molecule has 94 valence electrons. The summed E-state index contributed by atoms with van der Waals surface area (Å²) in [4.78, 5) is 1.28. The monoisotopic (exact) mass is 249 g/mol. The van der Waals surface area contributed by atoms with Crippen LogP contribution in [-0.2, 0) is 0 Å². The number of aryl methyl sites for hydroxylation is 1. The minimum Gasteiger partial charge on any atom is -0.398 e. The second-order valence-electron chi connectivity index (χ2n) is 5.21. The first-order valence-electron chi connectivity index (χ1n) is 6.71. The van der Waals surface area contributed by atoms with Crippen LogP contribution in [0.4, 0.5) is 5.69 Å². The van der Waals surface area contributed by atoms with E-state index in [4.69, 9.17) is 5.73 Å². The third kappa shape index (κ3) is 3.41. The summed E-state index contributed by atoms with van der Waals surface area (Å²) in [6.07, 6.45) is 6.87. The lowest BCUT2D eigenvalue weighted by atomic mass is 9.87. The first-order valence-corrected chi connectivity index (χ1v) is 7.59. The van der Waals surface area contributed by atoms with Gasteiger partial charge < -0.3 is 5.73 Å². The molecule has 1 saturated carbocycles. The first-order chi connectivity index (χ1) is 8.19. The minimum absolute atomic E-state index is 0.780. The van der Waals surface area contributed by atoms with Gasteiger partial charge in [0.1, 0.15) is 0 Å². The summed E-state index contributed by atoms with van der Waals surface area (Å²) in [7, 11) is 0. The van der Waals surface area contributed by atoms with E-state index in [9.17, 15) is 0 Å². The van der Waals surface area contributed by atoms with Crippen molar-refractivity contribution in [2.45, 2.75) is 56.1 Å². The Balaban J connectivity index is 1.95. The Morgan fingerprint density at radius 3 is 2.59 bits per heavy atom. The quantitative estimate of drug-likeness (QED) is 0.790. The van der Waals surface area contributed by atoms with E-state index in [0.717, 1.165) is 16.9 Å². The molecule has 0 atom stereocenters. The number of thioether (sulfide) groups is 1. The smallest absolute Gasteiger partial charge is 0.0452 e. The summed E-state index contributed by atoms with van der Waals surface area (Å²) in [5.74, 6) is 0.974. The maximum atomic E-state index is 6.04. The van der Waals surface area contributed by atoms with Crippen molar-refractivity contribution in [3.63, 3.8) is 0 Å². The van der Waals surface area contributed by atoms with Crippen LogP contribution in [0, 0.1) is 12.8 Å². The molecule has 0 heterocycles. The molecular weight excluding hydrogens is 226 g/mol. The molecule has 2 heteroatoms. The molecule has 17 heavy (non-hydrogen) atoms. The standard InChI is InChI=1S/C15H23NS/c1-3-12-5-7-13(8-6-12)17-15-10-11(2)4-9-14(15)16/h4,9-10,12-13H,3,5-8,16H2,1-2H3. The molecule has 1 aromatic carbocycles. The van der Waals surface area contributed by atoms with Gasteiger partial charge in [-0.15, -0.1) is 11.8 Å². The third-order valence-corrected chi connectivity index (χ3v) is 5.25. The van der Waals surface area contributed by atoms with Gasteiger partial charge in [-0.25, -0.2) is 0 Å². The van der Waals surface area contributed by atoms with Crippen molar-refractivity contribution in [3.05, 3.63) is 23.8 Å². The maximum Gasteiger partial charge on any atom is 0.0452 e. The van der Waals surface area contributed by atoms with Crippen LogP contribution >= 0.6 is 11.8 Å². The molecule has 0 aromatic heterocycles. The van der Waals surface area contributed by atoms with Crippen molar-refractivity contribution < 1.29 is 0 Å². The van der Waals surface area contributed by atoms with Crippen LogP contribution in [0.15, 0.2) is 23.1 Å².